The van der Waals surface area contributed by atoms with Crippen LogP contribution >= 0.6 is 0 Å². The quantitative estimate of drug-likeness (QED) is 0.390. The van der Waals surface area contributed by atoms with Crippen LogP contribution in [0.5, 0.6) is 0 Å². The Balaban J connectivity index is 3.02. The topological polar surface area (TPSA) is 55.4 Å². The van der Waals surface area contributed by atoms with E-state index in [0.29, 0.717) is 6.42 Å². The van der Waals surface area contributed by atoms with E-state index >= 15 is 0 Å². The van der Waals surface area contributed by atoms with Crippen LogP contribution in [-0.4, -0.2) is 25.5 Å². The standard InChI is InChI=1S/C17H33NO3/c1-16(19)18-15-13-11-9-7-5-3-4-6-8-10-12-14-17(20)21-2/h3-15H2,1-2H3,(H,18,19). The highest BCUT2D eigenvalue weighted by molar-refractivity contribution is 5.72. The first kappa shape index (κ1) is 19.9. The van der Waals surface area contributed by atoms with Gasteiger partial charge in [-0.25, -0.2) is 0 Å². The second-order valence-corrected chi connectivity index (χ2v) is 5.70. The van der Waals surface area contributed by atoms with Crippen LogP contribution in [-0.2, 0) is 14.3 Å². The molecule has 0 unspecified atom stereocenters. The molecule has 0 aromatic carbocycles. The van der Waals surface area contributed by atoms with Gasteiger partial charge in [0.25, 0.3) is 0 Å². The smallest absolute Gasteiger partial charge is 0.305 e. The molecule has 0 fully saturated rings. The van der Waals surface area contributed by atoms with Gasteiger partial charge in [-0.2, -0.15) is 0 Å². The van der Waals surface area contributed by atoms with Crippen LogP contribution in [0.4, 0.5) is 0 Å². The molecule has 0 atom stereocenters. The number of nitrogens with one attached hydrogen (secondary N) is 1. The van der Waals surface area contributed by atoms with Crippen LogP contribution in [0.1, 0.15) is 84.0 Å². The Morgan fingerprint density at radius 3 is 1.62 bits per heavy atom. The number of hydrogen-bond donors (Lipinski definition) is 1. The predicted octanol–water partition coefficient (Wildman–Crippen LogP) is 3.98. The van der Waals surface area contributed by atoms with Crippen LogP contribution in [0.25, 0.3) is 0 Å². The molecule has 0 saturated carbocycles. The minimum absolute atomic E-state index is 0.0709. The highest BCUT2D eigenvalue weighted by Crippen LogP contribution is 2.12. The van der Waals surface area contributed by atoms with Gasteiger partial charge in [-0.15, -0.1) is 0 Å². The molecular weight excluding hydrogens is 266 g/mol. The van der Waals surface area contributed by atoms with E-state index in [2.05, 4.69) is 10.1 Å². The van der Waals surface area contributed by atoms with E-state index in [1.54, 1.807) is 6.92 Å². The Morgan fingerprint density at radius 2 is 1.19 bits per heavy atom. The maximum absolute atomic E-state index is 10.9. The van der Waals surface area contributed by atoms with Gasteiger partial charge in [-0.3, -0.25) is 9.59 Å². The minimum Gasteiger partial charge on any atom is -0.469 e. The molecule has 0 bridgehead atoms. The summed E-state index contributed by atoms with van der Waals surface area (Å²) in [4.78, 5) is 21.6. The first-order chi connectivity index (χ1) is 10.2. The highest BCUT2D eigenvalue weighted by Gasteiger charge is 1.99. The van der Waals surface area contributed by atoms with Crippen molar-refractivity contribution in [1.29, 1.82) is 0 Å². The van der Waals surface area contributed by atoms with Crippen molar-refractivity contribution in [1.82, 2.24) is 5.32 Å². The lowest BCUT2D eigenvalue weighted by Gasteiger charge is -2.03. The Labute approximate surface area is 130 Å². The van der Waals surface area contributed by atoms with E-state index in [9.17, 15) is 9.59 Å². The van der Waals surface area contributed by atoms with Crippen molar-refractivity contribution in [2.75, 3.05) is 13.7 Å². The van der Waals surface area contributed by atoms with Crippen molar-refractivity contribution in [3.05, 3.63) is 0 Å². The molecule has 1 N–H and O–H groups in total. The third-order valence-corrected chi connectivity index (χ3v) is 3.66. The van der Waals surface area contributed by atoms with E-state index in [0.717, 1.165) is 25.8 Å². The van der Waals surface area contributed by atoms with Crippen molar-refractivity contribution >= 4 is 11.9 Å². The van der Waals surface area contributed by atoms with Crippen molar-refractivity contribution < 1.29 is 14.3 Å². The van der Waals surface area contributed by atoms with Crippen LogP contribution < -0.4 is 5.32 Å². The van der Waals surface area contributed by atoms with Gasteiger partial charge in [0.1, 0.15) is 0 Å². The summed E-state index contributed by atoms with van der Waals surface area (Å²) in [5, 5.41) is 2.82. The van der Waals surface area contributed by atoms with Crippen LogP contribution in [0.2, 0.25) is 0 Å². The summed E-state index contributed by atoms with van der Waals surface area (Å²) >= 11 is 0. The molecule has 0 aliphatic rings. The lowest BCUT2D eigenvalue weighted by Crippen LogP contribution is -2.20. The number of unbranched alkanes of at least 4 members (excludes halogenated alkanes) is 10. The van der Waals surface area contributed by atoms with Crippen molar-refractivity contribution in [2.45, 2.75) is 84.0 Å². The number of carbonyl (C=O) groups is 2. The average Bonchev–Trinajstić information content (AvgIpc) is 2.46. The molecule has 0 aromatic heterocycles. The third kappa shape index (κ3) is 16.9. The fourth-order valence-corrected chi connectivity index (χ4v) is 2.35. The summed E-state index contributed by atoms with van der Waals surface area (Å²) in [5.41, 5.74) is 0. The van der Waals surface area contributed by atoms with Gasteiger partial charge in [-0.05, 0) is 12.8 Å². The summed E-state index contributed by atoms with van der Waals surface area (Å²) in [7, 11) is 1.45. The molecule has 4 heteroatoms. The lowest BCUT2D eigenvalue weighted by molar-refractivity contribution is -0.140. The summed E-state index contributed by atoms with van der Waals surface area (Å²) in [6.07, 6.45) is 14.0. The first-order valence-corrected chi connectivity index (χ1v) is 8.48. The van der Waals surface area contributed by atoms with Crippen molar-refractivity contribution in [3.63, 3.8) is 0 Å². The Morgan fingerprint density at radius 1 is 0.762 bits per heavy atom. The number of amides is 1. The molecule has 21 heavy (non-hydrogen) atoms. The fourth-order valence-electron chi connectivity index (χ4n) is 2.35. The summed E-state index contributed by atoms with van der Waals surface area (Å²) in [6, 6.07) is 0. The zero-order valence-corrected chi connectivity index (χ0v) is 13.9. The molecular formula is C17H33NO3. The van der Waals surface area contributed by atoms with Gasteiger partial charge in [0.05, 0.1) is 7.11 Å². The molecule has 0 saturated heterocycles. The molecule has 0 aromatic rings. The third-order valence-electron chi connectivity index (χ3n) is 3.66. The largest absolute Gasteiger partial charge is 0.469 e. The maximum Gasteiger partial charge on any atom is 0.305 e. The number of carbonyl (C=O) groups excluding carboxylic acids is 2. The zero-order chi connectivity index (χ0) is 15.8. The van der Waals surface area contributed by atoms with E-state index in [-0.39, 0.29) is 11.9 Å². The molecule has 0 heterocycles. The molecule has 0 radical (unpaired) electrons. The molecule has 0 aliphatic carbocycles. The number of methoxy groups -OCH3 is 1. The Hall–Kier alpha value is -1.06. The normalized spacial score (nSPS) is 10.4. The van der Waals surface area contributed by atoms with Crippen LogP contribution in [0, 0.1) is 0 Å². The summed E-state index contributed by atoms with van der Waals surface area (Å²) in [5.74, 6) is -0.0184. The van der Waals surface area contributed by atoms with E-state index in [1.807, 2.05) is 0 Å². The zero-order valence-electron chi connectivity index (χ0n) is 13.9. The van der Waals surface area contributed by atoms with Crippen molar-refractivity contribution in [3.8, 4) is 0 Å². The monoisotopic (exact) mass is 299 g/mol. The molecule has 0 spiro atoms. The molecule has 4 nitrogen and oxygen atoms in total. The molecule has 124 valence electrons. The van der Waals surface area contributed by atoms with E-state index < -0.39 is 0 Å². The van der Waals surface area contributed by atoms with E-state index in [4.69, 9.17) is 0 Å². The maximum atomic E-state index is 10.9. The Kier molecular flexibility index (Phi) is 14.6. The number of esters is 1. The van der Waals surface area contributed by atoms with Crippen LogP contribution in [0.15, 0.2) is 0 Å². The highest BCUT2D eigenvalue weighted by atomic mass is 16.5. The SMILES string of the molecule is COC(=O)CCCCCCCCCCCCCNC(C)=O. The fraction of sp³-hybridized carbons (Fsp3) is 0.882. The van der Waals surface area contributed by atoms with Crippen molar-refractivity contribution in [2.24, 2.45) is 0 Å². The Bertz CT molecular complexity index is 267. The van der Waals surface area contributed by atoms with Gasteiger partial charge < -0.3 is 10.1 Å². The second kappa shape index (κ2) is 15.3. The van der Waals surface area contributed by atoms with Gasteiger partial charge in [0, 0.05) is 19.9 Å². The summed E-state index contributed by atoms with van der Waals surface area (Å²) in [6.45, 7) is 2.39. The molecule has 1 amide bonds. The molecule has 0 rings (SSSR count). The summed E-state index contributed by atoms with van der Waals surface area (Å²) < 4.78 is 4.61. The molecule has 0 aliphatic heterocycles. The van der Waals surface area contributed by atoms with Gasteiger partial charge in [0.2, 0.25) is 5.91 Å². The average molecular weight is 299 g/mol. The lowest BCUT2D eigenvalue weighted by atomic mass is 10.1. The minimum atomic E-state index is -0.0893. The van der Waals surface area contributed by atoms with E-state index in [1.165, 1.54) is 58.5 Å². The van der Waals surface area contributed by atoms with Gasteiger partial charge in [0.15, 0.2) is 0 Å². The number of rotatable bonds is 14. The van der Waals surface area contributed by atoms with Gasteiger partial charge >= 0.3 is 5.97 Å². The van der Waals surface area contributed by atoms with Crippen LogP contribution in [0.3, 0.4) is 0 Å². The second-order valence-electron chi connectivity index (χ2n) is 5.70. The number of ether oxygens (including phenoxy) is 1. The first-order valence-electron chi connectivity index (χ1n) is 8.48. The van der Waals surface area contributed by atoms with Gasteiger partial charge in [-0.1, -0.05) is 57.8 Å². The predicted molar refractivity (Wildman–Crippen MR) is 86.1 cm³/mol. The number of hydrogen-bond acceptors (Lipinski definition) is 3.